The number of nitrogens with zero attached hydrogens (tertiary/aromatic N) is 1. The first-order chi connectivity index (χ1) is 15.6. The Morgan fingerprint density at radius 2 is 1.59 bits per heavy atom. The van der Waals surface area contributed by atoms with E-state index in [0.717, 1.165) is 10.8 Å². The van der Waals surface area contributed by atoms with Gasteiger partial charge < -0.3 is 9.47 Å². The van der Waals surface area contributed by atoms with Crippen molar-refractivity contribution in [2.24, 2.45) is 5.10 Å². The van der Waals surface area contributed by atoms with Gasteiger partial charge in [-0.15, -0.1) is 0 Å². The van der Waals surface area contributed by atoms with E-state index in [1.54, 1.807) is 61.7 Å². The first-order valence-corrected chi connectivity index (χ1v) is 9.91. The molecule has 4 aromatic rings. The Kier molecular flexibility index (Phi) is 6.22. The van der Waals surface area contributed by atoms with Crippen molar-refractivity contribution >= 4 is 28.9 Å². The third kappa shape index (κ3) is 4.82. The second-order valence-electron chi connectivity index (χ2n) is 6.92. The molecule has 6 heteroatoms. The van der Waals surface area contributed by atoms with Crippen molar-refractivity contribution in [3.05, 3.63) is 108 Å². The lowest BCUT2D eigenvalue weighted by Crippen LogP contribution is -2.17. The average Bonchev–Trinajstić information content (AvgIpc) is 2.84. The Labute approximate surface area is 185 Å². The molecular weight excluding hydrogens is 404 g/mol. The zero-order valence-corrected chi connectivity index (χ0v) is 17.3. The molecule has 4 aromatic carbocycles. The topological polar surface area (TPSA) is 77.0 Å². The molecule has 0 saturated heterocycles. The summed E-state index contributed by atoms with van der Waals surface area (Å²) in [7, 11) is 1.56. The SMILES string of the molecule is COc1ccc(C(=O)Oc2cccc(/C=N\NC(=O)c3cccc4ccccc34)c2)cc1. The molecule has 6 nitrogen and oxygen atoms in total. The third-order valence-electron chi connectivity index (χ3n) is 4.81. The number of rotatable bonds is 6. The van der Waals surface area contributed by atoms with Gasteiger partial charge in [0.05, 0.1) is 18.9 Å². The van der Waals surface area contributed by atoms with Crippen molar-refractivity contribution in [1.82, 2.24) is 5.43 Å². The van der Waals surface area contributed by atoms with Gasteiger partial charge in [-0.25, -0.2) is 10.2 Å². The first kappa shape index (κ1) is 20.8. The van der Waals surface area contributed by atoms with Gasteiger partial charge in [-0.3, -0.25) is 4.79 Å². The molecule has 0 spiro atoms. The summed E-state index contributed by atoms with van der Waals surface area (Å²) < 4.78 is 10.5. The van der Waals surface area contributed by atoms with Gasteiger partial charge in [0.1, 0.15) is 11.5 Å². The number of nitrogens with one attached hydrogen (secondary N) is 1. The summed E-state index contributed by atoms with van der Waals surface area (Å²) in [6, 6.07) is 26.7. The number of ether oxygens (including phenoxy) is 2. The fourth-order valence-corrected chi connectivity index (χ4v) is 3.20. The highest BCUT2D eigenvalue weighted by Crippen LogP contribution is 2.19. The summed E-state index contributed by atoms with van der Waals surface area (Å²) in [5.74, 6) is 0.242. The van der Waals surface area contributed by atoms with Crippen LogP contribution in [-0.4, -0.2) is 25.2 Å². The molecule has 0 unspecified atom stereocenters. The Bertz CT molecular complexity index is 1290. The van der Waals surface area contributed by atoms with Crippen molar-refractivity contribution in [1.29, 1.82) is 0 Å². The van der Waals surface area contributed by atoms with Crippen LogP contribution in [0.15, 0.2) is 96.1 Å². The average molecular weight is 424 g/mol. The summed E-state index contributed by atoms with van der Waals surface area (Å²) in [6.07, 6.45) is 1.49. The molecule has 0 bridgehead atoms. The van der Waals surface area contributed by atoms with Gasteiger partial charge in [0.15, 0.2) is 0 Å². The zero-order chi connectivity index (χ0) is 22.3. The smallest absolute Gasteiger partial charge is 0.343 e. The van der Waals surface area contributed by atoms with Crippen molar-refractivity contribution in [3.8, 4) is 11.5 Å². The number of carbonyl (C=O) groups is 2. The van der Waals surface area contributed by atoms with E-state index in [9.17, 15) is 9.59 Å². The van der Waals surface area contributed by atoms with E-state index in [1.807, 2.05) is 36.4 Å². The molecule has 0 aliphatic carbocycles. The molecule has 4 rings (SSSR count). The van der Waals surface area contributed by atoms with Gasteiger partial charge in [0.2, 0.25) is 0 Å². The van der Waals surface area contributed by atoms with E-state index in [4.69, 9.17) is 9.47 Å². The molecule has 0 aliphatic rings. The van der Waals surface area contributed by atoms with Gasteiger partial charge in [0, 0.05) is 5.56 Å². The lowest BCUT2D eigenvalue weighted by molar-refractivity contribution is 0.0734. The maximum Gasteiger partial charge on any atom is 0.343 e. The van der Waals surface area contributed by atoms with Crippen molar-refractivity contribution in [2.75, 3.05) is 7.11 Å². The quantitative estimate of drug-likeness (QED) is 0.208. The third-order valence-corrected chi connectivity index (χ3v) is 4.81. The number of benzene rings is 4. The van der Waals surface area contributed by atoms with Crippen LogP contribution >= 0.6 is 0 Å². The van der Waals surface area contributed by atoms with Crippen LogP contribution in [0.25, 0.3) is 10.8 Å². The van der Waals surface area contributed by atoms with Crippen LogP contribution in [0.1, 0.15) is 26.3 Å². The second-order valence-corrected chi connectivity index (χ2v) is 6.92. The highest BCUT2D eigenvalue weighted by atomic mass is 16.5. The number of amides is 1. The number of esters is 1. The first-order valence-electron chi connectivity index (χ1n) is 9.91. The van der Waals surface area contributed by atoms with Crippen molar-refractivity contribution < 1.29 is 19.1 Å². The van der Waals surface area contributed by atoms with Gasteiger partial charge in [-0.05, 0) is 58.8 Å². The number of hydrogen-bond acceptors (Lipinski definition) is 5. The largest absolute Gasteiger partial charge is 0.497 e. The summed E-state index contributed by atoms with van der Waals surface area (Å²) in [4.78, 5) is 24.9. The van der Waals surface area contributed by atoms with Crippen molar-refractivity contribution in [2.45, 2.75) is 0 Å². The monoisotopic (exact) mass is 424 g/mol. The predicted octanol–water partition coefficient (Wildman–Crippen LogP) is 4.83. The molecule has 0 aliphatic heterocycles. The van der Waals surface area contributed by atoms with Crippen LogP contribution in [0.4, 0.5) is 0 Å². The highest BCUT2D eigenvalue weighted by molar-refractivity contribution is 6.07. The molecule has 0 aromatic heterocycles. The van der Waals surface area contributed by atoms with Crippen LogP contribution in [0, 0.1) is 0 Å². The van der Waals surface area contributed by atoms with E-state index in [2.05, 4.69) is 10.5 Å². The second kappa shape index (κ2) is 9.57. The molecule has 158 valence electrons. The number of fused-ring (bicyclic) bond motifs is 1. The molecule has 32 heavy (non-hydrogen) atoms. The Hall–Kier alpha value is -4.45. The predicted molar refractivity (Wildman–Crippen MR) is 123 cm³/mol. The van der Waals surface area contributed by atoms with Crippen LogP contribution in [0.2, 0.25) is 0 Å². The maximum atomic E-state index is 12.6. The normalized spacial score (nSPS) is 10.8. The Balaban J connectivity index is 1.42. The molecule has 0 radical (unpaired) electrons. The van der Waals surface area contributed by atoms with Crippen LogP contribution in [-0.2, 0) is 0 Å². The molecule has 0 fully saturated rings. The van der Waals surface area contributed by atoms with Crippen molar-refractivity contribution in [3.63, 3.8) is 0 Å². The van der Waals surface area contributed by atoms with Gasteiger partial charge in [0.25, 0.3) is 5.91 Å². The van der Waals surface area contributed by atoms with Crippen LogP contribution in [0.3, 0.4) is 0 Å². The fraction of sp³-hybridized carbons (Fsp3) is 0.0385. The lowest BCUT2D eigenvalue weighted by atomic mass is 10.0. The summed E-state index contributed by atoms with van der Waals surface area (Å²) in [5.41, 5.74) is 4.17. The van der Waals surface area contributed by atoms with E-state index in [0.29, 0.717) is 28.2 Å². The lowest BCUT2D eigenvalue weighted by Gasteiger charge is -2.06. The minimum absolute atomic E-state index is 0.305. The Morgan fingerprint density at radius 3 is 2.41 bits per heavy atom. The Morgan fingerprint density at radius 1 is 0.844 bits per heavy atom. The molecule has 1 N–H and O–H groups in total. The number of methoxy groups -OCH3 is 1. The summed E-state index contributed by atoms with van der Waals surface area (Å²) in [5, 5.41) is 5.88. The number of hydrogen-bond donors (Lipinski definition) is 1. The summed E-state index contributed by atoms with van der Waals surface area (Å²) in [6.45, 7) is 0. The molecule has 1 amide bonds. The van der Waals surface area contributed by atoms with Crippen LogP contribution in [0.5, 0.6) is 11.5 Å². The molecular formula is C26H20N2O4. The molecule has 0 heterocycles. The number of hydrazone groups is 1. The zero-order valence-electron chi connectivity index (χ0n) is 17.3. The molecule has 0 atom stereocenters. The maximum absolute atomic E-state index is 12.6. The minimum Gasteiger partial charge on any atom is -0.497 e. The minimum atomic E-state index is -0.481. The van der Waals surface area contributed by atoms with Crippen LogP contribution < -0.4 is 14.9 Å². The van der Waals surface area contributed by atoms with E-state index < -0.39 is 5.97 Å². The standard InChI is InChI=1S/C26H20N2O4/c1-31-21-14-12-20(13-15-21)26(30)32-22-9-4-6-18(16-22)17-27-28-25(29)24-11-5-8-19-7-2-3-10-23(19)24/h2-17H,1H3,(H,28,29)/b27-17-. The fourth-order valence-electron chi connectivity index (χ4n) is 3.20. The van der Waals surface area contributed by atoms with E-state index >= 15 is 0 Å². The highest BCUT2D eigenvalue weighted by Gasteiger charge is 2.10. The van der Waals surface area contributed by atoms with Gasteiger partial charge >= 0.3 is 5.97 Å². The number of carbonyl (C=O) groups excluding carboxylic acids is 2. The van der Waals surface area contributed by atoms with Gasteiger partial charge in [-0.2, -0.15) is 5.10 Å². The summed E-state index contributed by atoms with van der Waals surface area (Å²) >= 11 is 0. The molecule has 0 saturated carbocycles. The van der Waals surface area contributed by atoms with E-state index in [-0.39, 0.29) is 5.91 Å². The van der Waals surface area contributed by atoms with Gasteiger partial charge in [-0.1, -0.05) is 48.5 Å². The van der Waals surface area contributed by atoms with E-state index in [1.165, 1.54) is 6.21 Å².